The topological polar surface area (TPSA) is 92.3 Å². The van der Waals surface area contributed by atoms with Gasteiger partial charge in [-0.25, -0.2) is 15.0 Å². The van der Waals surface area contributed by atoms with Gasteiger partial charge in [-0.15, -0.1) is 0 Å². The molecule has 2 aromatic carbocycles. The van der Waals surface area contributed by atoms with Crippen LogP contribution in [-0.4, -0.2) is 41.0 Å². The predicted molar refractivity (Wildman–Crippen MR) is 152 cm³/mol. The fourth-order valence-electron chi connectivity index (χ4n) is 4.63. The number of carbonyl (C=O) groups excluding carboxylic acids is 1. The summed E-state index contributed by atoms with van der Waals surface area (Å²) in [6.07, 6.45) is 0.763. The van der Waals surface area contributed by atoms with Gasteiger partial charge in [0, 0.05) is 38.1 Å². The molecule has 2 N–H and O–H groups in total. The molecule has 1 aliphatic rings. The molecule has 1 aliphatic heterocycles. The highest BCUT2D eigenvalue weighted by molar-refractivity contribution is 6.34. The summed E-state index contributed by atoms with van der Waals surface area (Å²) in [4.78, 5) is 27.9. The summed E-state index contributed by atoms with van der Waals surface area (Å²) in [6.45, 7) is 1.08. The van der Waals surface area contributed by atoms with Crippen molar-refractivity contribution in [2.45, 2.75) is 25.4 Å². The van der Waals surface area contributed by atoms with E-state index >= 15 is 0 Å². The molecule has 12 heteroatoms. The molecule has 2 aromatic heterocycles. The first-order valence-electron chi connectivity index (χ1n) is 13.0. The minimum atomic E-state index is -4.83. The van der Waals surface area contributed by atoms with E-state index in [1.807, 2.05) is 4.90 Å². The Morgan fingerprint density at radius 3 is 2.46 bits per heavy atom. The molecule has 0 radical (unpaired) electrons. The van der Waals surface area contributed by atoms with Gasteiger partial charge in [0.05, 0.1) is 27.5 Å². The van der Waals surface area contributed by atoms with Crippen LogP contribution in [0.15, 0.2) is 67.0 Å². The molecule has 0 aliphatic carbocycles. The van der Waals surface area contributed by atoms with Crippen molar-refractivity contribution in [3.63, 3.8) is 0 Å². The monoisotopic (exact) mass is 582 g/mol. The minimum absolute atomic E-state index is 0.00641. The molecule has 212 valence electrons. The summed E-state index contributed by atoms with van der Waals surface area (Å²) in [7, 11) is 1.67. The van der Waals surface area contributed by atoms with Crippen LogP contribution in [0.25, 0.3) is 11.3 Å². The second-order valence-corrected chi connectivity index (χ2v) is 9.68. The predicted octanol–water partition coefficient (Wildman–Crippen LogP) is 7.29. The van der Waals surface area contributed by atoms with E-state index in [0.29, 0.717) is 35.9 Å². The molecule has 41 heavy (non-hydrogen) atoms. The van der Waals surface area contributed by atoms with Crippen LogP contribution in [-0.2, 0) is 6.18 Å². The summed E-state index contributed by atoms with van der Waals surface area (Å²) >= 11 is 6.49. The molecule has 0 spiro atoms. The number of nitrogens with zero attached hydrogens (tertiary/aromatic N) is 4. The number of aromatic nitrogens is 3. The Morgan fingerprint density at radius 2 is 1.76 bits per heavy atom. The molecule has 0 unspecified atom stereocenters. The zero-order valence-corrected chi connectivity index (χ0v) is 22.8. The van der Waals surface area contributed by atoms with Crippen molar-refractivity contribution >= 4 is 34.8 Å². The summed E-state index contributed by atoms with van der Waals surface area (Å²) in [5.74, 6) is -0.485. The number of amides is 1. The third-order valence-electron chi connectivity index (χ3n) is 6.58. The first-order valence-corrected chi connectivity index (χ1v) is 13.3. The Kier molecular flexibility index (Phi) is 8.25. The molecule has 0 bridgehead atoms. The lowest BCUT2D eigenvalue weighted by atomic mass is 10.1. The number of alkyl halides is 3. The van der Waals surface area contributed by atoms with Gasteiger partial charge in [-0.05, 0) is 55.7 Å². The van der Waals surface area contributed by atoms with Crippen molar-refractivity contribution in [2.75, 3.05) is 35.7 Å². The maximum absolute atomic E-state index is 14.3. The minimum Gasteiger partial charge on any atom is -0.434 e. The SMILES string of the molecule is CNc1nccc(-c2cccnc2Oc2c(Cl)c(C(F)(F)F)cc(NC(=O)c3ccccc3)c2N2CCCCC2)n1. The van der Waals surface area contributed by atoms with Gasteiger partial charge < -0.3 is 20.3 Å². The fraction of sp³-hybridized carbons (Fsp3) is 0.241. The van der Waals surface area contributed by atoms with Crippen LogP contribution in [0.2, 0.25) is 5.02 Å². The highest BCUT2D eigenvalue weighted by atomic mass is 35.5. The summed E-state index contributed by atoms with van der Waals surface area (Å²) in [5, 5.41) is 4.90. The lowest BCUT2D eigenvalue weighted by molar-refractivity contribution is -0.137. The molecule has 5 rings (SSSR count). The van der Waals surface area contributed by atoms with Crippen LogP contribution in [0.4, 0.5) is 30.5 Å². The summed E-state index contributed by atoms with van der Waals surface area (Å²) in [6, 6.07) is 14.1. The van der Waals surface area contributed by atoms with E-state index < -0.39 is 22.7 Å². The molecule has 1 saturated heterocycles. The van der Waals surface area contributed by atoms with Crippen molar-refractivity contribution in [2.24, 2.45) is 0 Å². The Morgan fingerprint density at radius 1 is 1.00 bits per heavy atom. The quantitative estimate of drug-likeness (QED) is 0.236. The van der Waals surface area contributed by atoms with Gasteiger partial charge >= 0.3 is 6.18 Å². The van der Waals surface area contributed by atoms with Gasteiger partial charge in [0.2, 0.25) is 11.8 Å². The lowest BCUT2D eigenvalue weighted by Crippen LogP contribution is -2.31. The largest absolute Gasteiger partial charge is 0.434 e. The number of hydrogen-bond acceptors (Lipinski definition) is 7. The van der Waals surface area contributed by atoms with Crippen LogP contribution in [0.1, 0.15) is 35.2 Å². The van der Waals surface area contributed by atoms with Crippen LogP contribution in [0.3, 0.4) is 0 Å². The number of ether oxygens (including phenoxy) is 1. The number of carbonyl (C=O) groups is 1. The average Bonchev–Trinajstić information content (AvgIpc) is 2.99. The van der Waals surface area contributed by atoms with E-state index in [0.717, 1.165) is 25.3 Å². The van der Waals surface area contributed by atoms with Gasteiger partial charge in [0.15, 0.2) is 5.75 Å². The smallest absolute Gasteiger partial charge is 0.418 e. The zero-order chi connectivity index (χ0) is 29.0. The molecule has 8 nitrogen and oxygen atoms in total. The van der Waals surface area contributed by atoms with Gasteiger partial charge in [-0.1, -0.05) is 29.8 Å². The Hall–Kier alpha value is -4.38. The first-order chi connectivity index (χ1) is 19.8. The highest BCUT2D eigenvalue weighted by Crippen LogP contribution is 2.51. The maximum atomic E-state index is 14.3. The number of piperidine rings is 1. The molecule has 1 fully saturated rings. The molecule has 0 saturated carbocycles. The van der Waals surface area contributed by atoms with E-state index in [1.165, 1.54) is 6.20 Å². The number of nitrogens with one attached hydrogen (secondary N) is 2. The van der Waals surface area contributed by atoms with E-state index in [2.05, 4.69) is 25.6 Å². The number of halogens is 4. The first kappa shape index (κ1) is 28.2. The third-order valence-corrected chi connectivity index (χ3v) is 6.96. The fourth-order valence-corrected chi connectivity index (χ4v) is 4.92. The van der Waals surface area contributed by atoms with E-state index in [4.69, 9.17) is 16.3 Å². The van der Waals surface area contributed by atoms with Crippen molar-refractivity contribution in [1.82, 2.24) is 15.0 Å². The Bertz CT molecular complexity index is 1550. The number of rotatable bonds is 7. The second kappa shape index (κ2) is 12.0. The molecular formula is C29H26ClF3N6O2. The van der Waals surface area contributed by atoms with Gasteiger partial charge in [-0.2, -0.15) is 13.2 Å². The number of benzene rings is 2. The third kappa shape index (κ3) is 6.19. The highest BCUT2D eigenvalue weighted by Gasteiger charge is 2.38. The zero-order valence-electron chi connectivity index (χ0n) is 22.0. The van der Waals surface area contributed by atoms with Gasteiger partial charge in [-0.3, -0.25) is 4.79 Å². The molecule has 4 aromatic rings. The Labute approximate surface area is 239 Å². The lowest BCUT2D eigenvalue weighted by Gasteiger charge is -2.33. The van der Waals surface area contributed by atoms with E-state index in [-0.39, 0.29) is 23.0 Å². The number of anilines is 3. The van der Waals surface area contributed by atoms with Crippen LogP contribution >= 0.6 is 11.6 Å². The van der Waals surface area contributed by atoms with Crippen LogP contribution in [0.5, 0.6) is 11.6 Å². The normalized spacial score (nSPS) is 13.5. The number of hydrogen-bond donors (Lipinski definition) is 2. The van der Waals surface area contributed by atoms with E-state index in [9.17, 15) is 18.0 Å². The van der Waals surface area contributed by atoms with Crippen molar-refractivity contribution in [3.8, 4) is 22.9 Å². The summed E-state index contributed by atoms with van der Waals surface area (Å²) < 4.78 is 49.1. The average molecular weight is 583 g/mol. The number of pyridine rings is 1. The molecule has 1 amide bonds. The molecular weight excluding hydrogens is 557 g/mol. The van der Waals surface area contributed by atoms with Crippen molar-refractivity contribution in [3.05, 3.63) is 83.1 Å². The summed E-state index contributed by atoms with van der Waals surface area (Å²) in [5.41, 5.74) is 0.188. The molecule has 3 heterocycles. The van der Waals surface area contributed by atoms with Gasteiger partial charge in [0.25, 0.3) is 5.91 Å². The van der Waals surface area contributed by atoms with Crippen LogP contribution in [0, 0.1) is 0 Å². The van der Waals surface area contributed by atoms with E-state index in [1.54, 1.807) is 61.8 Å². The maximum Gasteiger partial charge on any atom is 0.418 e. The van der Waals surface area contributed by atoms with Crippen molar-refractivity contribution < 1.29 is 22.7 Å². The standard InChI is InChI=1S/C29H26ClF3N6O2/c1-34-28-36-14-12-21(38-28)19-11-8-13-35-27(19)41-25-23(30)20(29(31,32)33)17-22(24(25)39-15-6-3-7-16-39)37-26(40)18-9-4-2-5-10-18/h2,4-5,8-14,17H,3,6-7,15-16H2,1H3,(H,37,40)(H,34,36,38). The Balaban J connectivity index is 1.69. The second-order valence-electron chi connectivity index (χ2n) is 9.30. The molecule has 0 atom stereocenters. The van der Waals surface area contributed by atoms with Crippen molar-refractivity contribution in [1.29, 1.82) is 0 Å². The van der Waals surface area contributed by atoms with Crippen LogP contribution < -0.4 is 20.3 Å². The van der Waals surface area contributed by atoms with Gasteiger partial charge in [0.1, 0.15) is 5.69 Å².